The van der Waals surface area contributed by atoms with Gasteiger partial charge in [-0.1, -0.05) is 43.4 Å². The molecule has 1 unspecified atom stereocenters. The Balaban J connectivity index is 2.43. The molecule has 1 aliphatic carbocycles. The number of carboxylic acid groups (broad SMARTS) is 1. The Morgan fingerprint density at radius 2 is 2.04 bits per heavy atom. The molecular weight excluding hydrogens is 304 g/mol. The van der Waals surface area contributed by atoms with E-state index in [4.69, 9.17) is 5.11 Å². The van der Waals surface area contributed by atoms with Crippen molar-refractivity contribution in [1.29, 1.82) is 0 Å². The summed E-state index contributed by atoms with van der Waals surface area (Å²) in [6, 6.07) is 0. The Kier molecular flexibility index (Phi) is 9.70. The van der Waals surface area contributed by atoms with E-state index in [9.17, 15) is 14.7 Å². The van der Waals surface area contributed by atoms with Gasteiger partial charge in [0.1, 0.15) is 0 Å². The van der Waals surface area contributed by atoms with E-state index in [-0.39, 0.29) is 18.1 Å². The monoisotopic (exact) mass is 332 g/mol. The first-order valence-electron chi connectivity index (χ1n) is 8.67. The van der Waals surface area contributed by atoms with Crippen LogP contribution in [0.1, 0.15) is 51.9 Å². The molecule has 0 spiro atoms. The first-order chi connectivity index (χ1) is 11.5. The zero-order valence-corrected chi connectivity index (χ0v) is 14.4. The quantitative estimate of drug-likeness (QED) is 0.341. The van der Waals surface area contributed by atoms with Crippen molar-refractivity contribution in [1.82, 2.24) is 0 Å². The summed E-state index contributed by atoms with van der Waals surface area (Å²) < 4.78 is 0. The van der Waals surface area contributed by atoms with E-state index < -0.39 is 12.1 Å². The van der Waals surface area contributed by atoms with Crippen molar-refractivity contribution in [3.63, 3.8) is 0 Å². The largest absolute Gasteiger partial charge is 0.481 e. The van der Waals surface area contributed by atoms with Crippen LogP contribution in [-0.2, 0) is 9.59 Å². The average molecular weight is 332 g/mol. The van der Waals surface area contributed by atoms with Crippen molar-refractivity contribution in [2.24, 2.45) is 5.92 Å². The molecule has 0 aliphatic heterocycles. The molecule has 0 fully saturated rings. The Morgan fingerprint density at radius 3 is 2.75 bits per heavy atom. The number of aliphatic carboxylic acids is 1. The van der Waals surface area contributed by atoms with Crippen LogP contribution in [0.15, 0.2) is 48.1 Å². The molecule has 0 aromatic carbocycles. The van der Waals surface area contributed by atoms with Crippen LogP contribution >= 0.6 is 0 Å². The number of ketones is 1. The highest BCUT2D eigenvalue weighted by Gasteiger charge is 2.21. The Bertz CT molecular complexity index is 526. The lowest BCUT2D eigenvalue weighted by Gasteiger charge is -2.10. The lowest BCUT2D eigenvalue weighted by atomic mass is 9.96. The maximum atomic E-state index is 11.9. The average Bonchev–Trinajstić information content (AvgIpc) is 2.89. The van der Waals surface area contributed by atoms with Gasteiger partial charge in [0, 0.05) is 17.9 Å². The molecule has 0 saturated carbocycles. The van der Waals surface area contributed by atoms with Crippen molar-refractivity contribution in [3.05, 3.63) is 48.1 Å². The third kappa shape index (κ3) is 8.06. The molecule has 2 atom stereocenters. The predicted molar refractivity (Wildman–Crippen MR) is 95.6 cm³/mol. The van der Waals surface area contributed by atoms with Gasteiger partial charge in [0.05, 0.1) is 6.10 Å². The van der Waals surface area contributed by atoms with Crippen LogP contribution < -0.4 is 0 Å². The molecule has 4 heteroatoms. The predicted octanol–water partition coefficient (Wildman–Crippen LogP) is 3.98. The summed E-state index contributed by atoms with van der Waals surface area (Å²) in [5.74, 6) is -0.688. The molecule has 4 nitrogen and oxygen atoms in total. The molecule has 0 bridgehead atoms. The van der Waals surface area contributed by atoms with Crippen LogP contribution in [0.5, 0.6) is 0 Å². The van der Waals surface area contributed by atoms with E-state index in [0.29, 0.717) is 19.3 Å². The summed E-state index contributed by atoms with van der Waals surface area (Å²) in [5, 5.41) is 18.5. The van der Waals surface area contributed by atoms with E-state index in [1.54, 1.807) is 6.08 Å². The second-order valence-electron chi connectivity index (χ2n) is 5.99. The minimum atomic E-state index is -0.773. The topological polar surface area (TPSA) is 74.6 Å². The van der Waals surface area contributed by atoms with E-state index in [1.165, 1.54) is 0 Å². The molecule has 0 heterocycles. The number of rotatable bonds is 11. The number of unbranched alkanes of at least 4 members (excludes halogenated alkanes) is 1. The van der Waals surface area contributed by atoms with Crippen LogP contribution in [0.2, 0.25) is 0 Å². The maximum absolute atomic E-state index is 11.9. The van der Waals surface area contributed by atoms with Crippen LogP contribution in [0, 0.1) is 5.92 Å². The fourth-order valence-electron chi connectivity index (χ4n) is 2.55. The smallest absolute Gasteiger partial charge is 0.303 e. The van der Waals surface area contributed by atoms with E-state index >= 15 is 0 Å². The number of hydrogen-bond donors (Lipinski definition) is 2. The van der Waals surface area contributed by atoms with Gasteiger partial charge in [0.15, 0.2) is 5.78 Å². The molecule has 0 amide bonds. The SMILES string of the molecule is CC/C=C\CC(O)C/C=C1/C(=O)C=C[C@H]1C/C=C\CCCC(=O)O. The molecule has 1 rings (SSSR count). The Hall–Kier alpha value is -1.94. The standard InChI is InChI=1S/C20H28O4/c1-2-3-6-10-17(21)13-14-18-16(12-15-19(18)22)9-7-4-5-8-11-20(23)24/h3-4,6-7,12,14-17,21H,2,5,8-11,13H2,1H3,(H,23,24)/b6-3-,7-4-,18-14+/t16-,17?/m1/s1. The van der Waals surface area contributed by atoms with Crippen LogP contribution in [0.25, 0.3) is 0 Å². The fourth-order valence-corrected chi connectivity index (χ4v) is 2.55. The summed E-state index contributed by atoms with van der Waals surface area (Å²) in [6.07, 6.45) is 17.2. The first-order valence-corrected chi connectivity index (χ1v) is 8.67. The molecular formula is C20H28O4. The van der Waals surface area contributed by atoms with Gasteiger partial charge < -0.3 is 10.2 Å². The summed E-state index contributed by atoms with van der Waals surface area (Å²) in [6.45, 7) is 2.05. The first kappa shape index (κ1) is 20.1. The van der Waals surface area contributed by atoms with E-state index in [0.717, 1.165) is 24.8 Å². The number of aliphatic hydroxyl groups excluding tert-OH is 1. The summed E-state index contributed by atoms with van der Waals surface area (Å²) >= 11 is 0. The van der Waals surface area contributed by atoms with Gasteiger partial charge in [-0.2, -0.15) is 0 Å². The highest BCUT2D eigenvalue weighted by molar-refractivity contribution is 6.07. The molecule has 24 heavy (non-hydrogen) atoms. The van der Waals surface area contributed by atoms with Gasteiger partial charge in [0.2, 0.25) is 0 Å². The molecule has 2 N–H and O–H groups in total. The van der Waals surface area contributed by atoms with Crippen molar-refractivity contribution in [2.45, 2.75) is 58.0 Å². The van der Waals surface area contributed by atoms with E-state index in [1.807, 2.05) is 43.4 Å². The van der Waals surface area contributed by atoms with Gasteiger partial charge in [-0.15, -0.1) is 0 Å². The van der Waals surface area contributed by atoms with Gasteiger partial charge in [-0.05, 0) is 44.6 Å². The second kappa shape index (κ2) is 11.6. The van der Waals surface area contributed by atoms with Crippen molar-refractivity contribution in [2.75, 3.05) is 0 Å². The van der Waals surface area contributed by atoms with Gasteiger partial charge in [-0.25, -0.2) is 0 Å². The van der Waals surface area contributed by atoms with Crippen molar-refractivity contribution in [3.8, 4) is 0 Å². The lowest BCUT2D eigenvalue weighted by Crippen LogP contribution is -2.07. The number of hydrogen-bond acceptors (Lipinski definition) is 3. The number of carbonyl (C=O) groups excluding carboxylic acids is 1. The number of carboxylic acids is 1. The summed E-state index contributed by atoms with van der Waals surface area (Å²) in [5.41, 5.74) is 0.753. The van der Waals surface area contributed by atoms with Crippen LogP contribution in [0.4, 0.5) is 0 Å². The normalized spacial score (nSPS) is 20.7. The summed E-state index contributed by atoms with van der Waals surface area (Å²) in [7, 11) is 0. The van der Waals surface area contributed by atoms with Crippen LogP contribution in [0.3, 0.4) is 0 Å². The Labute approximate surface area is 144 Å². The maximum Gasteiger partial charge on any atom is 0.303 e. The number of allylic oxidation sites excluding steroid dienone is 6. The lowest BCUT2D eigenvalue weighted by molar-refractivity contribution is -0.137. The highest BCUT2D eigenvalue weighted by Crippen LogP contribution is 2.26. The van der Waals surface area contributed by atoms with Gasteiger partial charge >= 0.3 is 5.97 Å². The minimum absolute atomic E-state index is 0.0237. The van der Waals surface area contributed by atoms with Crippen LogP contribution in [-0.4, -0.2) is 28.1 Å². The third-order valence-electron chi connectivity index (χ3n) is 3.90. The zero-order chi connectivity index (χ0) is 17.8. The molecule has 0 radical (unpaired) electrons. The minimum Gasteiger partial charge on any atom is -0.481 e. The number of aliphatic hydroxyl groups is 1. The fraction of sp³-hybridized carbons (Fsp3) is 0.500. The molecule has 1 aliphatic rings. The summed E-state index contributed by atoms with van der Waals surface area (Å²) in [4.78, 5) is 22.4. The molecule has 0 aromatic heterocycles. The van der Waals surface area contributed by atoms with Crippen molar-refractivity contribution >= 4 is 11.8 Å². The van der Waals surface area contributed by atoms with Gasteiger partial charge in [-0.3, -0.25) is 9.59 Å². The Morgan fingerprint density at radius 1 is 1.25 bits per heavy atom. The molecule has 0 saturated heterocycles. The second-order valence-corrected chi connectivity index (χ2v) is 5.99. The number of carbonyl (C=O) groups is 2. The van der Waals surface area contributed by atoms with Gasteiger partial charge in [0.25, 0.3) is 0 Å². The van der Waals surface area contributed by atoms with Crippen molar-refractivity contribution < 1.29 is 19.8 Å². The molecule has 0 aromatic rings. The molecule has 132 valence electrons. The zero-order valence-electron chi connectivity index (χ0n) is 14.4. The van der Waals surface area contributed by atoms with E-state index in [2.05, 4.69) is 0 Å². The highest BCUT2D eigenvalue weighted by atomic mass is 16.4. The third-order valence-corrected chi connectivity index (χ3v) is 3.90.